The van der Waals surface area contributed by atoms with Crippen LogP contribution in [0.25, 0.3) is 0 Å². The molecule has 6 nitrogen and oxygen atoms in total. The summed E-state index contributed by atoms with van der Waals surface area (Å²) in [7, 11) is 2.57. The van der Waals surface area contributed by atoms with Crippen molar-refractivity contribution < 1.29 is 23.8 Å². The molecule has 0 bridgehead atoms. The predicted molar refractivity (Wildman–Crippen MR) is 94.2 cm³/mol. The Morgan fingerprint density at radius 1 is 1.12 bits per heavy atom. The van der Waals surface area contributed by atoms with Crippen molar-refractivity contribution >= 4 is 17.6 Å². The van der Waals surface area contributed by atoms with E-state index >= 15 is 0 Å². The summed E-state index contributed by atoms with van der Waals surface area (Å²) in [6, 6.07) is 5.96. The molecular formula is C19H25NO5. The molecule has 1 aliphatic heterocycles. The number of rotatable bonds is 3. The molecule has 0 saturated carbocycles. The van der Waals surface area contributed by atoms with Gasteiger partial charge in [0.25, 0.3) is 0 Å². The Hall–Kier alpha value is -2.34. The average Bonchev–Trinajstić information content (AvgIpc) is 2.58. The summed E-state index contributed by atoms with van der Waals surface area (Å²) >= 11 is 0. The number of hydrogen-bond acceptors (Lipinski definition) is 6. The van der Waals surface area contributed by atoms with Crippen LogP contribution >= 0.6 is 0 Å². The van der Waals surface area contributed by atoms with E-state index in [9.17, 15) is 9.59 Å². The van der Waals surface area contributed by atoms with E-state index in [1.165, 1.54) is 14.2 Å². The molecule has 25 heavy (non-hydrogen) atoms. The van der Waals surface area contributed by atoms with Crippen LogP contribution in [0.3, 0.4) is 0 Å². The number of methoxy groups -OCH3 is 2. The van der Waals surface area contributed by atoms with Crippen LogP contribution in [0.4, 0.5) is 5.69 Å². The number of nitrogens with zero attached hydrogens (tertiary/aromatic N) is 1. The summed E-state index contributed by atoms with van der Waals surface area (Å²) in [4.78, 5) is 26.3. The fraction of sp³-hybridized carbons (Fsp3) is 0.474. The summed E-state index contributed by atoms with van der Waals surface area (Å²) in [5.41, 5.74) is 3.03. The maximum atomic E-state index is 12.5. The fourth-order valence-electron chi connectivity index (χ4n) is 2.94. The molecule has 2 rings (SSSR count). The maximum Gasteiger partial charge on any atom is 0.355 e. The first-order valence-corrected chi connectivity index (χ1v) is 8.07. The van der Waals surface area contributed by atoms with Crippen LogP contribution in [-0.2, 0) is 29.2 Å². The van der Waals surface area contributed by atoms with Crippen molar-refractivity contribution in [1.29, 1.82) is 0 Å². The molecule has 0 N–H and O–H groups in total. The lowest BCUT2D eigenvalue weighted by Crippen LogP contribution is -2.40. The molecule has 0 radical (unpaired) electrons. The molecule has 0 amide bonds. The minimum atomic E-state index is -0.601. The van der Waals surface area contributed by atoms with Crippen molar-refractivity contribution in [3.63, 3.8) is 0 Å². The second kappa shape index (κ2) is 7.27. The summed E-state index contributed by atoms with van der Waals surface area (Å²) in [6.07, 6.45) is 0. The van der Waals surface area contributed by atoms with Crippen molar-refractivity contribution in [2.24, 2.45) is 0 Å². The molecule has 1 aromatic rings. The van der Waals surface area contributed by atoms with Gasteiger partial charge in [0.1, 0.15) is 12.4 Å². The molecule has 6 heteroatoms. The third kappa shape index (κ3) is 3.69. The van der Waals surface area contributed by atoms with E-state index < -0.39 is 11.9 Å². The Kier molecular flexibility index (Phi) is 5.52. The van der Waals surface area contributed by atoms with Crippen molar-refractivity contribution in [1.82, 2.24) is 0 Å². The molecule has 1 aliphatic rings. The number of anilines is 1. The topological polar surface area (TPSA) is 65.1 Å². The van der Waals surface area contributed by atoms with Crippen molar-refractivity contribution in [2.45, 2.75) is 33.1 Å². The molecule has 0 spiro atoms. The second-order valence-corrected chi connectivity index (χ2v) is 6.94. The fourth-order valence-corrected chi connectivity index (χ4v) is 2.94. The minimum Gasteiger partial charge on any atom is -0.466 e. The van der Waals surface area contributed by atoms with Crippen LogP contribution in [0.5, 0.6) is 0 Å². The van der Waals surface area contributed by atoms with Crippen molar-refractivity contribution in [3.05, 3.63) is 40.6 Å². The zero-order valence-corrected chi connectivity index (χ0v) is 15.6. The summed E-state index contributed by atoms with van der Waals surface area (Å²) in [6.45, 7) is 8.41. The summed E-state index contributed by atoms with van der Waals surface area (Å²) in [5, 5.41) is 0. The van der Waals surface area contributed by atoms with E-state index in [-0.39, 0.29) is 30.0 Å². The van der Waals surface area contributed by atoms with E-state index in [1.807, 2.05) is 25.1 Å². The number of aryl methyl sites for hydroxylation is 1. The molecule has 0 atom stereocenters. The zero-order valence-electron chi connectivity index (χ0n) is 15.6. The number of ether oxygens (including phenoxy) is 3. The van der Waals surface area contributed by atoms with Gasteiger partial charge < -0.3 is 19.1 Å². The molecular weight excluding hydrogens is 322 g/mol. The lowest BCUT2D eigenvalue weighted by molar-refractivity contribution is -0.140. The Bertz CT molecular complexity index is 715. The van der Waals surface area contributed by atoms with Gasteiger partial charge in [-0.25, -0.2) is 9.59 Å². The van der Waals surface area contributed by atoms with Crippen LogP contribution in [0, 0.1) is 6.92 Å². The Balaban J connectivity index is 2.73. The highest BCUT2D eigenvalue weighted by Gasteiger charge is 2.35. The van der Waals surface area contributed by atoms with Gasteiger partial charge in [0, 0.05) is 0 Å². The van der Waals surface area contributed by atoms with Gasteiger partial charge in [-0.1, -0.05) is 39.0 Å². The Morgan fingerprint density at radius 3 is 2.32 bits per heavy atom. The normalized spacial score (nSPS) is 15.2. The zero-order chi connectivity index (χ0) is 18.8. The molecule has 0 aromatic heterocycles. The summed E-state index contributed by atoms with van der Waals surface area (Å²) < 4.78 is 15.3. The minimum absolute atomic E-state index is 0.00430. The Labute approximate surface area is 148 Å². The highest BCUT2D eigenvalue weighted by Crippen LogP contribution is 2.38. The highest BCUT2D eigenvalue weighted by atomic mass is 16.5. The third-order valence-electron chi connectivity index (χ3n) is 4.15. The first-order chi connectivity index (χ1) is 11.7. The van der Waals surface area contributed by atoms with Gasteiger partial charge in [0.05, 0.1) is 32.1 Å². The number of carbonyl (C=O) groups excluding carboxylic acids is 2. The van der Waals surface area contributed by atoms with E-state index in [0.29, 0.717) is 0 Å². The highest BCUT2D eigenvalue weighted by molar-refractivity contribution is 6.03. The van der Waals surface area contributed by atoms with Gasteiger partial charge in [-0.05, 0) is 23.5 Å². The quantitative estimate of drug-likeness (QED) is 0.783. The van der Waals surface area contributed by atoms with Gasteiger partial charge in [-0.3, -0.25) is 0 Å². The van der Waals surface area contributed by atoms with Crippen molar-refractivity contribution in [3.8, 4) is 0 Å². The first-order valence-electron chi connectivity index (χ1n) is 8.07. The lowest BCUT2D eigenvalue weighted by atomic mass is 9.84. The average molecular weight is 347 g/mol. The lowest BCUT2D eigenvalue weighted by Gasteiger charge is -2.36. The third-order valence-corrected chi connectivity index (χ3v) is 4.15. The van der Waals surface area contributed by atoms with Crippen LogP contribution in [0.2, 0.25) is 0 Å². The van der Waals surface area contributed by atoms with Gasteiger partial charge in [0.2, 0.25) is 0 Å². The number of para-hydroxylation sites is 1. The van der Waals surface area contributed by atoms with E-state index in [2.05, 4.69) is 20.8 Å². The van der Waals surface area contributed by atoms with E-state index in [1.54, 1.807) is 4.90 Å². The van der Waals surface area contributed by atoms with Gasteiger partial charge >= 0.3 is 11.9 Å². The first kappa shape index (κ1) is 19.0. The molecule has 0 saturated heterocycles. The smallest absolute Gasteiger partial charge is 0.355 e. The molecule has 136 valence electrons. The number of carbonyl (C=O) groups is 2. The van der Waals surface area contributed by atoms with E-state index in [4.69, 9.17) is 14.2 Å². The van der Waals surface area contributed by atoms with Crippen LogP contribution < -0.4 is 4.90 Å². The van der Waals surface area contributed by atoms with E-state index in [0.717, 1.165) is 16.8 Å². The predicted octanol–water partition coefficient (Wildman–Crippen LogP) is 2.69. The van der Waals surface area contributed by atoms with Crippen LogP contribution in [0.15, 0.2) is 29.5 Å². The number of benzene rings is 1. The molecule has 0 unspecified atom stereocenters. The van der Waals surface area contributed by atoms with Gasteiger partial charge in [0.15, 0.2) is 0 Å². The second-order valence-electron chi connectivity index (χ2n) is 6.94. The largest absolute Gasteiger partial charge is 0.466 e. The monoisotopic (exact) mass is 347 g/mol. The summed E-state index contributed by atoms with van der Waals surface area (Å²) in [5.74, 6) is -1.19. The molecule has 1 aromatic carbocycles. The van der Waals surface area contributed by atoms with Gasteiger partial charge in [-0.2, -0.15) is 0 Å². The molecule has 0 aliphatic carbocycles. The molecule has 1 heterocycles. The van der Waals surface area contributed by atoms with Crippen LogP contribution in [0.1, 0.15) is 31.9 Å². The number of esters is 2. The van der Waals surface area contributed by atoms with Gasteiger partial charge in [-0.15, -0.1) is 0 Å². The van der Waals surface area contributed by atoms with Crippen LogP contribution in [-0.4, -0.2) is 39.5 Å². The SMILES string of the molecule is COC(=O)C1=C(C(=O)OC)N(c2c(C)cccc2C(C)(C)C)COC1. The van der Waals surface area contributed by atoms with Crippen molar-refractivity contribution in [2.75, 3.05) is 32.5 Å². The molecule has 0 fully saturated rings. The maximum absolute atomic E-state index is 12.5. The Morgan fingerprint density at radius 2 is 1.76 bits per heavy atom. The standard InChI is InChI=1S/C19H25NO5/c1-12-8-7-9-14(19(2,3)4)15(12)20-11-25-10-13(17(21)23-5)16(20)18(22)24-6/h7-9H,10-11H2,1-6H3. The number of hydrogen-bond donors (Lipinski definition) is 0.